The van der Waals surface area contributed by atoms with E-state index in [9.17, 15) is 4.79 Å². The predicted octanol–water partition coefficient (Wildman–Crippen LogP) is 3.71. The Hall–Kier alpha value is -1.48. The zero-order valence-electron chi connectivity index (χ0n) is 9.22. The molecule has 0 atom stereocenters. The molecule has 1 aromatic carbocycles. The van der Waals surface area contributed by atoms with Crippen LogP contribution in [0.3, 0.4) is 0 Å². The third-order valence-corrected chi connectivity index (χ3v) is 3.35. The third kappa shape index (κ3) is 1.39. The smallest absolute Gasteiger partial charge is 0.372 e. The molecule has 0 fully saturated rings. The van der Waals surface area contributed by atoms with Gasteiger partial charge in [-0.15, -0.1) is 0 Å². The Bertz CT molecular complexity index is 596. The lowest BCUT2D eigenvalue weighted by molar-refractivity contribution is 0.0664. The van der Waals surface area contributed by atoms with Crippen LogP contribution < -0.4 is 0 Å². The number of hydrogen-bond donors (Lipinski definition) is 1. The van der Waals surface area contributed by atoms with Gasteiger partial charge in [-0.3, -0.25) is 0 Å². The largest absolute Gasteiger partial charge is 0.475 e. The maximum atomic E-state index is 10.9. The Morgan fingerprint density at radius 2 is 1.94 bits per heavy atom. The first-order valence-corrected chi connectivity index (χ1v) is 5.23. The number of rotatable bonds is 1. The highest BCUT2D eigenvalue weighted by Gasteiger charge is 2.19. The first-order valence-electron chi connectivity index (χ1n) is 4.85. The summed E-state index contributed by atoms with van der Waals surface area (Å²) < 4.78 is 5.32. The van der Waals surface area contributed by atoms with E-state index < -0.39 is 5.97 Å². The molecule has 0 saturated carbocycles. The van der Waals surface area contributed by atoms with E-state index in [1.165, 1.54) is 0 Å². The predicted molar refractivity (Wildman–Crippen MR) is 62.4 cm³/mol. The molecule has 0 amide bonds. The van der Waals surface area contributed by atoms with Crippen LogP contribution in [0.15, 0.2) is 10.5 Å². The summed E-state index contributed by atoms with van der Waals surface area (Å²) in [5.74, 6) is -1.07. The lowest BCUT2D eigenvalue weighted by atomic mass is 10.0. The number of carbonyl (C=O) groups is 1. The van der Waals surface area contributed by atoms with Crippen molar-refractivity contribution in [3.05, 3.63) is 33.5 Å². The minimum atomic E-state index is -1.05. The average Bonchev–Trinajstić information content (AvgIpc) is 2.52. The van der Waals surface area contributed by atoms with Crippen LogP contribution in [-0.2, 0) is 0 Å². The summed E-state index contributed by atoms with van der Waals surface area (Å²) in [6.45, 7) is 5.47. The van der Waals surface area contributed by atoms with E-state index in [4.69, 9.17) is 21.1 Å². The fraction of sp³-hybridized carbons (Fsp3) is 0.250. The van der Waals surface area contributed by atoms with Crippen molar-refractivity contribution < 1.29 is 14.3 Å². The van der Waals surface area contributed by atoms with Crippen LogP contribution in [0.1, 0.15) is 27.2 Å². The van der Waals surface area contributed by atoms with E-state index in [0.29, 0.717) is 16.2 Å². The number of fused-ring (bicyclic) bond motifs is 1. The van der Waals surface area contributed by atoms with Crippen LogP contribution in [-0.4, -0.2) is 11.1 Å². The van der Waals surface area contributed by atoms with Crippen molar-refractivity contribution >= 4 is 28.5 Å². The van der Waals surface area contributed by atoms with E-state index in [1.54, 1.807) is 13.0 Å². The Balaban J connectivity index is 2.93. The summed E-state index contributed by atoms with van der Waals surface area (Å²) in [5, 5.41) is 10.4. The number of aryl methyl sites for hydroxylation is 3. The molecule has 0 spiro atoms. The quantitative estimate of drug-likeness (QED) is 0.824. The summed E-state index contributed by atoms with van der Waals surface area (Å²) in [6, 6.07) is 1.77. The molecular weight excluding hydrogens is 228 g/mol. The summed E-state index contributed by atoms with van der Waals surface area (Å²) in [6.07, 6.45) is 0. The molecule has 2 aromatic rings. The lowest BCUT2D eigenvalue weighted by Gasteiger charge is -2.03. The summed E-state index contributed by atoms with van der Waals surface area (Å²) >= 11 is 6.13. The molecule has 0 bridgehead atoms. The van der Waals surface area contributed by atoms with Gasteiger partial charge in [0.15, 0.2) is 0 Å². The maximum Gasteiger partial charge on any atom is 0.372 e. The van der Waals surface area contributed by atoms with Crippen molar-refractivity contribution in [3.8, 4) is 0 Å². The van der Waals surface area contributed by atoms with Gasteiger partial charge in [-0.05, 0) is 38.0 Å². The standard InChI is InChI=1S/C12H11ClO3/c1-5-4-8-9(6(2)10(5)13)7(3)11(16-8)12(14)15/h4H,1-3H3,(H,14,15). The maximum absolute atomic E-state index is 10.9. The van der Waals surface area contributed by atoms with Gasteiger partial charge in [-0.2, -0.15) is 0 Å². The summed E-state index contributed by atoms with van der Waals surface area (Å²) in [5.41, 5.74) is 2.96. The summed E-state index contributed by atoms with van der Waals surface area (Å²) in [7, 11) is 0. The molecule has 2 rings (SSSR count). The average molecular weight is 239 g/mol. The van der Waals surface area contributed by atoms with Crippen molar-refractivity contribution in [2.45, 2.75) is 20.8 Å². The second-order valence-corrected chi connectivity index (χ2v) is 4.24. The highest BCUT2D eigenvalue weighted by atomic mass is 35.5. The summed E-state index contributed by atoms with van der Waals surface area (Å²) in [4.78, 5) is 10.9. The van der Waals surface area contributed by atoms with Crippen molar-refractivity contribution in [2.24, 2.45) is 0 Å². The van der Waals surface area contributed by atoms with E-state index in [2.05, 4.69) is 0 Å². The third-order valence-electron chi connectivity index (χ3n) is 2.77. The number of benzene rings is 1. The number of aromatic carboxylic acids is 1. The lowest BCUT2D eigenvalue weighted by Crippen LogP contribution is -1.95. The highest BCUT2D eigenvalue weighted by molar-refractivity contribution is 6.33. The van der Waals surface area contributed by atoms with Gasteiger partial charge in [0.05, 0.1) is 0 Å². The van der Waals surface area contributed by atoms with Crippen LogP contribution in [0.4, 0.5) is 0 Å². The normalized spacial score (nSPS) is 11.0. The van der Waals surface area contributed by atoms with Crippen molar-refractivity contribution in [3.63, 3.8) is 0 Å². The van der Waals surface area contributed by atoms with Gasteiger partial charge < -0.3 is 9.52 Å². The second-order valence-electron chi connectivity index (χ2n) is 3.87. The molecule has 16 heavy (non-hydrogen) atoms. The Labute approximate surface area is 97.6 Å². The van der Waals surface area contributed by atoms with Crippen molar-refractivity contribution in [1.29, 1.82) is 0 Å². The van der Waals surface area contributed by atoms with Gasteiger partial charge in [0.1, 0.15) is 5.58 Å². The Kier molecular flexibility index (Phi) is 2.43. The van der Waals surface area contributed by atoms with Crippen molar-refractivity contribution in [1.82, 2.24) is 0 Å². The molecule has 84 valence electrons. The molecule has 1 heterocycles. The topological polar surface area (TPSA) is 50.4 Å². The molecule has 0 saturated heterocycles. The monoisotopic (exact) mass is 238 g/mol. The fourth-order valence-electron chi connectivity index (χ4n) is 1.97. The molecule has 0 unspecified atom stereocenters. The minimum absolute atomic E-state index is 0.0141. The highest BCUT2D eigenvalue weighted by Crippen LogP contribution is 2.34. The molecule has 4 heteroatoms. The SMILES string of the molecule is Cc1cc2oc(C(=O)O)c(C)c2c(C)c1Cl. The van der Waals surface area contributed by atoms with E-state index in [-0.39, 0.29) is 5.76 Å². The molecule has 0 aliphatic heterocycles. The fourth-order valence-corrected chi connectivity index (χ4v) is 2.12. The first-order chi connectivity index (χ1) is 7.43. The molecule has 0 aliphatic carbocycles. The van der Waals surface area contributed by atoms with Gasteiger partial charge in [-0.25, -0.2) is 4.79 Å². The number of hydrogen-bond acceptors (Lipinski definition) is 2. The van der Waals surface area contributed by atoms with Crippen molar-refractivity contribution in [2.75, 3.05) is 0 Å². The molecule has 1 N–H and O–H groups in total. The molecular formula is C12H11ClO3. The molecule has 3 nitrogen and oxygen atoms in total. The minimum Gasteiger partial charge on any atom is -0.475 e. The zero-order chi connectivity index (χ0) is 12.0. The Morgan fingerprint density at radius 3 is 2.50 bits per heavy atom. The van der Waals surface area contributed by atoms with Crippen LogP contribution in [0.2, 0.25) is 5.02 Å². The molecule has 1 aromatic heterocycles. The van der Waals surface area contributed by atoms with Crippen LogP contribution in [0.25, 0.3) is 11.0 Å². The van der Waals surface area contributed by atoms with E-state index in [1.807, 2.05) is 13.8 Å². The van der Waals surface area contributed by atoms with Gasteiger partial charge in [0.2, 0.25) is 5.76 Å². The number of carboxylic acids is 1. The van der Waals surface area contributed by atoms with Gasteiger partial charge in [0, 0.05) is 16.0 Å². The van der Waals surface area contributed by atoms with Gasteiger partial charge in [0.25, 0.3) is 0 Å². The van der Waals surface area contributed by atoms with Gasteiger partial charge >= 0.3 is 5.97 Å². The first kappa shape index (κ1) is 11.0. The number of carboxylic acid groups (broad SMARTS) is 1. The van der Waals surface area contributed by atoms with E-state index >= 15 is 0 Å². The number of furan rings is 1. The second kappa shape index (κ2) is 3.52. The number of halogens is 1. The Morgan fingerprint density at radius 1 is 1.31 bits per heavy atom. The van der Waals surface area contributed by atoms with E-state index in [0.717, 1.165) is 16.5 Å². The molecule has 0 radical (unpaired) electrons. The van der Waals surface area contributed by atoms with Gasteiger partial charge in [-0.1, -0.05) is 11.6 Å². The van der Waals surface area contributed by atoms with Crippen LogP contribution in [0, 0.1) is 20.8 Å². The van der Waals surface area contributed by atoms with Crippen LogP contribution in [0.5, 0.6) is 0 Å². The zero-order valence-corrected chi connectivity index (χ0v) is 9.97. The molecule has 0 aliphatic rings. The van der Waals surface area contributed by atoms with Crippen LogP contribution >= 0.6 is 11.6 Å².